The molecule has 0 N–H and O–H groups in total. The van der Waals surface area contributed by atoms with Gasteiger partial charge in [-0.25, -0.2) is 4.98 Å². The summed E-state index contributed by atoms with van der Waals surface area (Å²) in [4.78, 5) is 5.04. The number of benzene rings is 7. The Morgan fingerprint density at radius 3 is 1.70 bits per heavy atom. The molecule has 46 heavy (non-hydrogen) atoms. The third kappa shape index (κ3) is 4.91. The Balaban J connectivity index is 1.29. The van der Waals surface area contributed by atoms with Gasteiger partial charge in [0.05, 0.1) is 5.69 Å². The van der Waals surface area contributed by atoms with Gasteiger partial charge in [-0.3, -0.25) is 4.57 Å². The second-order valence-electron chi connectivity index (χ2n) is 11.6. The molecule has 8 aromatic rings. The second kappa shape index (κ2) is 11.8. The molecule has 7 aromatic carbocycles. The molecule has 0 saturated carbocycles. The second-order valence-corrected chi connectivity index (χ2v) is 11.6. The number of hydrogen-bond acceptors (Lipinski definition) is 1. The summed E-state index contributed by atoms with van der Waals surface area (Å²) in [5.74, 6) is 0.916. The summed E-state index contributed by atoms with van der Waals surface area (Å²) in [5, 5.41) is 7.52. The highest BCUT2D eigenvalue weighted by atomic mass is 15.1. The Bertz CT molecular complexity index is 2350. The number of aromatic nitrogens is 2. The Labute approximate surface area is 269 Å². The van der Waals surface area contributed by atoms with Gasteiger partial charge in [-0.15, -0.1) is 0 Å². The molecule has 0 fully saturated rings. The van der Waals surface area contributed by atoms with Gasteiger partial charge < -0.3 is 0 Å². The molecule has 2 heteroatoms. The maximum Gasteiger partial charge on any atom is 0.145 e. The van der Waals surface area contributed by atoms with Gasteiger partial charge in [0.15, 0.2) is 0 Å². The highest BCUT2D eigenvalue weighted by Gasteiger charge is 2.17. The Morgan fingerprint density at radius 2 is 1.04 bits per heavy atom. The van der Waals surface area contributed by atoms with Gasteiger partial charge in [0.2, 0.25) is 0 Å². The van der Waals surface area contributed by atoms with Crippen molar-refractivity contribution >= 4 is 38.4 Å². The summed E-state index contributed by atoms with van der Waals surface area (Å²) in [6, 6.07) is 52.4. The highest BCUT2D eigenvalue weighted by Crippen LogP contribution is 2.44. The number of imidazole rings is 1. The average Bonchev–Trinajstić information content (AvgIpc) is 3.55. The molecular weight excluding hydrogens is 556 g/mol. The van der Waals surface area contributed by atoms with Crippen LogP contribution in [0.1, 0.15) is 12.6 Å². The number of fused-ring (bicyclic) bond motifs is 3. The summed E-state index contributed by atoms with van der Waals surface area (Å²) < 4.78 is 2.17. The first-order chi connectivity index (χ1) is 22.8. The largest absolute Gasteiger partial charge is 0.299 e. The molecule has 1 aromatic heterocycles. The Morgan fingerprint density at radius 1 is 0.500 bits per heavy atom. The maximum atomic E-state index is 5.04. The molecule has 2 nitrogen and oxygen atoms in total. The van der Waals surface area contributed by atoms with Crippen LogP contribution < -0.4 is 0 Å². The summed E-state index contributed by atoms with van der Waals surface area (Å²) in [6.45, 7) is 2.02. The lowest BCUT2D eigenvalue weighted by molar-refractivity contribution is 1.07. The van der Waals surface area contributed by atoms with Gasteiger partial charge in [0.1, 0.15) is 5.82 Å². The van der Waals surface area contributed by atoms with Crippen LogP contribution in [0.15, 0.2) is 170 Å². The van der Waals surface area contributed by atoms with Crippen molar-refractivity contribution in [3.8, 4) is 39.3 Å². The van der Waals surface area contributed by atoms with Crippen molar-refractivity contribution in [1.29, 1.82) is 0 Å². The fourth-order valence-corrected chi connectivity index (χ4v) is 6.61. The van der Waals surface area contributed by atoms with E-state index in [4.69, 9.17) is 4.98 Å². The van der Waals surface area contributed by atoms with E-state index < -0.39 is 0 Å². The van der Waals surface area contributed by atoms with Gasteiger partial charge in [-0.05, 0) is 85.8 Å². The minimum atomic E-state index is 0.916. The van der Waals surface area contributed by atoms with E-state index in [0.717, 1.165) is 22.8 Å². The summed E-state index contributed by atoms with van der Waals surface area (Å²) >= 11 is 0. The standard InChI is InChI=1S/C44H32N2/c1-2-3-5-16-36-30-46(37-17-6-4-7-18-37)44(45-36)33-26-24-32(25-27-33)42-38-19-10-12-21-40(38)43(41-22-13-11-20-39(41)42)35-28-23-31-14-8-9-15-34(31)29-35/h2-30H,1H3/b3-2-,16-5-. The first-order valence-electron chi connectivity index (χ1n) is 15.8. The molecule has 8 rings (SSSR count). The van der Waals surface area contributed by atoms with Gasteiger partial charge in [-0.1, -0.05) is 146 Å². The number of rotatable bonds is 6. The normalized spacial score (nSPS) is 11.8. The molecule has 218 valence electrons. The zero-order valence-corrected chi connectivity index (χ0v) is 25.6. The van der Waals surface area contributed by atoms with Crippen molar-refractivity contribution in [3.63, 3.8) is 0 Å². The summed E-state index contributed by atoms with van der Waals surface area (Å²) in [7, 11) is 0. The van der Waals surface area contributed by atoms with Crippen LogP contribution in [0.25, 0.3) is 77.7 Å². The zero-order chi connectivity index (χ0) is 30.9. The topological polar surface area (TPSA) is 17.8 Å². The van der Waals surface area contributed by atoms with Gasteiger partial charge >= 0.3 is 0 Å². The lowest BCUT2D eigenvalue weighted by atomic mass is 9.85. The first kappa shape index (κ1) is 27.6. The molecule has 0 bridgehead atoms. The van der Waals surface area contributed by atoms with Crippen molar-refractivity contribution < 1.29 is 0 Å². The fourth-order valence-electron chi connectivity index (χ4n) is 6.61. The van der Waals surface area contributed by atoms with E-state index in [1.807, 2.05) is 37.3 Å². The molecular formula is C44H32N2. The van der Waals surface area contributed by atoms with E-state index in [9.17, 15) is 0 Å². The van der Waals surface area contributed by atoms with Crippen LogP contribution in [0.4, 0.5) is 0 Å². The van der Waals surface area contributed by atoms with E-state index >= 15 is 0 Å². The van der Waals surface area contributed by atoms with E-state index in [1.54, 1.807) is 0 Å². The summed E-state index contributed by atoms with van der Waals surface area (Å²) in [5.41, 5.74) is 8.03. The predicted octanol–water partition coefficient (Wildman–Crippen LogP) is 11.9. The van der Waals surface area contributed by atoms with E-state index in [-0.39, 0.29) is 0 Å². The first-order valence-corrected chi connectivity index (χ1v) is 15.8. The molecule has 0 amide bonds. The minimum absolute atomic E-state index is 0.916. The van der Waals surface area contributed by atoms with Crippen molar-refractivity contribution in [3.05, 3.63) is 176 Å². The smallest absolute Gasteiger partial charge is 0.145 e. The SMILES string of the molecule is C/C=C\C=C/c1cn(-c2ccccc2)c(-c2ccc(-c3c4ccccc4c(-c4ccc5ccccc5c4)c4ccccc34)cc2)n1. The average molecular weight is 589 g/mol. The highest BCUT2D eigenvalue weighted by molar-refractivity contribution is 6.21. The number of nitrogens with zero attached hydrogens (tertiary/aromatic N) is 2. The van der Waals surface area contributed by atoms with Crippen molar-refractivity contribution in [1.82, 2.24) is 9.55 Å². The minimum Gasteiger partial charge on any atom is -0.299 e. The van der Waals surface area contributed by atoms with Gasteiger partial charge in [0, 0.05) is 17.4 Å². The van der Waals surface area contributed by atoms with Crippen LogP contribution in [-0.2, 0) is 0 Å². The van der Waals surface area contributed by atoms with E-state index in [0.29, 0.717) is 0 Å². The van der Waals surface area contributed by atoms with Crippen molar-refractivity contribution in [2.24, 2.45) is 0 Å². The molecule has 0 aliphatic carbocycles. The maximum absolute atomic E-state index is 5.04. The third-order valence-electron chi connectivity index (χ3n) is 8.73. The van der Waals surface area contributed by atoms with Gasteiger partial charge in [0.25, 0.3) is 0 Å². The quantitative estimate of drug-likeness (QED) is 0.140. The number of hydrogen-bond donors (Lipinski definition) is 0. The molecule has 0 aliphatic rings. The van der Waals surface area contributed by atoms with Crippen molar-refractivity contribution in [2.75, 3.05) is 0 Å². The van der Waals surface area contributed by atoms with Crippen LogP contribution in [0.3, 0.4) is 0 Å². The predicted molar refractivity (Wildman–Crippen MR) is 196 cm³/mol. The number of para-hydroxylation sites is 1. The lowest BCUT2D eigenvalue weighted by Crippen LogP contribution is -1.96. The van der Waals surface area contributed by atoms with Crippen molar-refractivity contribution in [2.45, 2.75) is 6.92 Å². The lowest BCUT2D eigenvalue weighted by Gasteiger charge is -2.18. The molecule has 0 aliphatic heterocycles. The monoisotopic (exact) mass is 588 g/mol. The van der Waals surface area contributed by atoms with Crippen LogP contribution in [0.5, 0.6) is 0 Å². The zero-order valence-electron chi connectivity index (χ0n) is 25.6. The van der Waals surface area contributed by atoms with Crippen LogP contribution in [0, 0.1) is 0 Å². The van der Waals surface area contributed by atoms with E-state index in [2.05, 4.69) is 150 Å². The Kier molecular flexibility index (Phi) is 7.09. The summed E-state index contributed by atoms with van der Waals surface area (Å²) in [6.07, 6.45) is 10.2. The van der Waals surface area contributed by atoms with Crippen LogP contribution in [-0.4, -0.2) is 9.55 Å². The Hall–Kier alpha value is -5.99. The fraction of sp³-hybridized carbons (Fsp3) is 0.0227. The molecule has 0 spiro atoms. The van der Waals surface area contributed by atoms with Gasteiger partial charge in [-0.2, -0.15) is 0 Å². The van der Waals surface area contributed by atoms with Crippen LogP contribution >= 0.6 is 0 Å². The molecule has 1 heterocycles. The van der Waals surface area contributed by atoms with Crippen LogP contribution in [0.2, 0.25) is 0 Å². The molecule has 0 radical (unpaired) electrons. The molecule has 0 atom stereocenters. The molecule has 0 unspecified atom stereocenters. The van der Waals surface area contributed by atoms with E-state index in [1.165, 1.54) is 54.6 Å². The molecule has 0 saturated heterocycles. The third-order valence-corrected chi connectivity index (χ3v) is 8.73. The number of allylic oxidation sites excluding steroid dienone is 3.